The third kappa shape index (κ3) is 6.75. The van der Waals surface area contributed by atoms with Gasteiger partial charge in [0.25, 0.3) is 0 Å². The molecule has 0 saturated carbocycles. The Morgan fingerprint density at radius 2 is 1.70 bits per heavy atom. The molecule has 0 aromatic heterocycles. The standard InChI is InChI=1S/C20H30/c1-16(2)8-6-9-18(5)10-7-11-19-12-14-20(15-13-19)17(3)4/h7-8,11-15,17-18H,6,9-10H2,1-5H3/b11-7+. The Hall–Kier alpha value is -1.30. The molecule has 1 aromatic carbocycles. The zero-order chi connectivity index (χ0) is 15.0. The van der Waals surface area contributed by atoms with Gasteiger partial charge in [-0.3, -0.25) is 0 Å². The molecule has 0 amide bonds. The smallest absolute Gasteiger partial charge is 0.0219 e. The van der Waals surface area contributed by atoms with E-state index in [4.69, 9.17) is 0 Å². The first-order chi connectivity index (χ1) is 9.49. The van der Waals surface area contributed by atoms with Crippen molar-refractivity contribution in [2.45, 2.75) is 59.8 Å². The van der Waals surface area contributed by atoms with Crippen molar-refractivity contribution in [3.63, 3.8) is 0 Å². The Morgan fingerprint density at radius 1 is 1.05 bits per heavy atom. The van der Waals surface area contributed by atoms with E-state index in [1.54, 1.807) is 0 Å². The van der Waals surface area contributed by atoms with Gasteiger partial charge in [-0.05, 0) is 56.1 Å². The Bertz CT molecular complexity index is 428. The van der Waals surface area contributed by atoms with Crippen molar-refractivity contribution in [1.82, 2.24) is 0 Å². The van der Waals surface area contributed by atoms with Crippen LogP contribution in [0.1, 0.15) is 70.9 Å². The first-order valence-corrected chi connectivity index (χ1v) is 7.89. The second kappa shape index (κ2) is 8.79. The summed E-state index contributed by atoms with van der Waals surface area (Å²) >= 11 is 0. The van der Waals surface area contributed by atoms with E-state index >= 15 is 0 Å². The molecule has 0 aliphatic rings. The average Bonchev–Trinajstić information content (AvgIpc) is 2.39. The summed E-state index contributed by atoms with van der Waals surface area (Å²) in [6.07, 6.45) is 10.6. The van der Waals surface area contributed by atoms with E-state index in [0.29, 0.717) is 5.92 Å². The third-order valence-electron chi connectivity index (χ3n) is 3.66. The van der Waals surface area contributed by atoms with Crippen LogP contribution < -0.4 is 0 Å². The van der Waals surface area contributed by atoms with Gasteiger partial charge in [0.1, 0.15) is 0 Å². The van der Waals surface area contributed by atoms with Gasteiger partial charge >= 0.3 is 0 Å². The monoisotopic (exact) mass is 270 g/mol. The largest absolute Gasteiger partial charge is 0.0859 e. The van der Waals surface area contributed by atoms with Crippen molar-refractivity contribution in [1.29, 1.82) is 0 Å². The van der Waals surface area contributed by atoms with Gasteiger partial charge in [0.05, 0.1) is 0 Å². The maximum atomic E-state index is 2.34. The van der Waals surface area contributed by atoms with Crippen LogP contribution in [0.25, 0.3) is 6.08 Å². The average molecular weight is 270 g/mol. The SMILES string of the molecule is CC(C)=CCCC(C)C/C=C/c1ccc(C(C)C)cc1. The molecule has 0 fully saturated rings. The molecule has 0 spiro atoms. The van der Waals surface area contributed by atoms with Crippen LogP contribution in [0.15, 0.2) is 42.0 Å². The number of hydrogen-bond acceptors (Lipinski definition) is 0. The molecule has 1 rings (SSSR count). The Kier molecular flexibility index (Phi) is 7.36. The van der Waals surface area contributed by atoms with E-state index < -0.39 is 0 Å². The molecular weight excluding hydrogens is 240 g/mol. The summed E-state index contributed by atoms with van der Waals surface area (Å²) < 4.78 is 0. The lowest BCUT2D eigenvalue weighted by Crippen LogP contribution is -1.91. The molecule has 20 heavy (non-hydrogen) atoms. The molecule has 0 heterocycles. The minimum absolute atomic E-state index is 0.614. The van der Waals surface area contributed by atoms with Crippen LogP contribution in [-0.4, -0.2) is 0 Å². The zero-order valence-corrected chi connectivity index (χ0v) is 13.8. The summed E-state index contributed by atoms with van der Waals surface area (Å²) in [6.45, 7) is 11.2. The zero-order valence-electron chi connectivity index (χ0n) is 13.8. The summed E-state index contributed by atoms with van der Waals surface area (Å²) in [5.74, 6) is 1.37. The van der Waals surface area contributed by atoms with E-state index in [1.807, 2.05) is 0 Å². The summed E-state index contributed by atoms with van der Waals surface area (Å²) in [4.78, 5) is 0. The molecule has 0 radical (unpaired) electrons. The number of benzene rings is 1. The molecule has 0 heteroatoms. The fourth-order valence-corrected chi connectivity index (χ4v) is 2.20. The van der Waals surface area contributed by atoms with Crippen molar-refractivity contribution >= 4 is 6.08 Å². The van der Waals surface area contributed by atoms with Crippen molar-refractivity contribution in [2.75, 3.05) is 0 Å². The molecule has 0 aliphatic carbocycles. The molecule has 0 nitrogen and oxygen atoms in total. The molecule has 110 valence electrons. The van der Waals surface area contributed by atoms with Crippen LogP contribution in [0.3, 0.4) is 0 Å². The predicted octanol–water partition coefficient (Wildman–Crippen LogP) is 6.60. The first kappa shape index (κ1) is 16.8. The molecule has 1 atom stereocenters. The van der Waals surface area contributed by atoms with Gasteiger partial charge in [-0.15, -0.1) is 0 Å². The van der Waals surface area contributed by atoms with Gasteiger partial charge < -0.3 is 0 Å². The van der Waals surface area contributed by atoms with Crippen LogP contribution in [0.2, 0.25) is 0 Å². The Labute approximate surface area is 125 Å². The predicted molar refractivity (Wildman–Crippen MR) is 92.0 cm³/mol. The maximum Gasteiger partial charge on any atom is -0.0219 e. The fraction of sp³-hybridized carbons (Fsp3) is 0.500. The lowest BCUT2D eigenvalue weighted by molar-refractivity contribution is 0.546. The van der Waals surface area contributed by atoms with E-state index in [-0.39, 0.29) is 0 Å². The number of allylic oxidation sites excluding steroid dienone is 3. The number of hydrogen-bond donors (Lipinski definition) is 0. The quantitative estimate of drug-likeness (QED) is 0.490. The van der Waals surface area contributed by atoms with E-state index in [9.17, 15) is 0 Å². The van der Waals surface area contributed by atoms with Crippen LogP contribution >= 0.6 is 0 Å². The van der Waals surface area contributed by atoms with Gasteiger partial charge in [0.2, 0.25) is 0 Å². The topological polar surface area (TPSA) is 0 Å². The maximum absolute atomic E-state index is 2.34. The molecule has 0 saturated heterocycles. The van der Waals surface area contributed by atoms with E-state index in [2.05, 4.69) is 77.1 Å². The lowest BCUT2D eigenvalue weighted by atomic mass is 9.99. The van der Waals surface area contributed by atoms with E-state index in [1.165, 1.54) is 36.0 Å². The second-order valence-corrected chi connectivity index (χ2v) is 6.42. The normalized spacial score (nSPS) is 12.9. The highest BCUT2D eigenvalue weighted by Crippen LogP contribution is 2.17. The first-order valence-electron chi connectivity index (χ1n) is 7.89. The van der Waals surface area contributed by atoms with E-state index in [0.717, 1.165) is 5.92 Å². The highest BCUT2D eigenvalue weighted by atomic mass is 14.0. The van der Waals surface area contributed by atoms with Crippen molar-refractivity contribution in [2.24, 2.45) is 5.92 Å². The second-order valence-electron chi connectivity index (χ2n) is 6.42. The Balaban J connectivity index is 2.38. The highest BCUT2D eigenvalue weighted by molar-refractivity contribution is 5.49. The lowest BCUT2D eigenvalue weighted by Gasteiger charge is -2.07. The van der Waals surface area contributed by atoms with Crippen LogP contribution in [-0.2, 0) is 0 Å². The van der Waals surface area contributed by atoms with Crippen molar-refractivity contribution in [3.8, 4) is 0 Å². The molecule has 0 N–H and O–H groups in total. The highest BCUT2D eigenvalue weighted by Gasteiger charge is 1.99. The van der Waals surface area contributed by atoms with Crippen molar-refractivity contribution in [3.05, 3.63) is 53.1 Å². The van der Waals surface area contributed by atoms with Gasteiger partial charge in [0, 0.05) is 0 Å². The molecule has 0 bridgehead atoms. The molecule has 1 unspecified atom stereocenters. The third-order valence-corrected chi connectivity index (χ3v) is 3.66. The van der Waals surface area contributed by atoms with Gasteiger partial charge in [-0.2, -0.15) is 0 Å². The van der Waals surface area contributed by atoms with Gasteiger partial charge in [0.15, 0.2) is 0 Å². The van der Waals surface area contributed by atoms with Gasteiger partial charge in [-0.25, -0.2) is 0 Å². The molecule has 1 aromatic rings. The Morgan fingerprint density at radius 3 is 2.25 bits per heavy atom. The van der Waals surface area contributed by atoms with Gasteiger partial charge in [-0.1, -0.05) is 68.8 Å². The summed E-state index contributed by atoms with van der Waals surface area (Å²) in [5.41, 5.74) is 4.15. The summed E-state index contributed by atoms with van der Waals surface area (Å²) in [7, 11) is 0. The van der Waals surface area contributed by atoms with Crippen LogP contribution in [0.5, 0.6) is 0 Å². The minimum atomic E-state index is 0.614. The fourth-order valence-electron chi connectivity index (χ4n) is 2.20. The van der Waals surface area contributed by atoms with Crippen molar-refractivity contribution < 1.29 is 0 Å². The van der Waals surface area contributed by atoms with Crippen LogP contribution in [0, 0.1) is 5.92 Å². The summed E-state index contributed by atoms with van der Waals surface area (Å²) in [6, 6.07) is 8.92. The summed E-state index contributed by atoms with van der Waals surface area (Å²) in [5, 5.41) is 0. The molecular formula is C20H30. The van der Waals surface area contributed by atoms with Crippen LogP contribution in [0.4, 0.5) is 0 Å². The minimum Gasteiger partial charge on any atom is -0.0859 e. The molecule has 0 aliphatic heterocycles. The number of rotatable bonds is 7.